The maximum absolute atomic E-state index is 10.8. The predicted octanol–water partition coefficient (Wildman–Crippen LogP) is 1.67. The smallest absolute Gasteiger partial charge is 0.307 e. The van der Waals surface area contributed by atoms with Gasteiger partial charge in [-0.1, -0.05) is 0 Å². The molecule has 1 saturated heterocycles. The van der Waals surface area contributed by atoms with E-state index in [0.29, 0.717) is 0 Å². The topological polar surface area (TPSA) is 46.5 Å². The van der Waals surface area contributed by atoms with Gasteiger partial charge in [0.1, 0.15) is 0 Å². The summed E-state index contributed by atoms with van der Waals surface area (Å²) < 4.78 is 5.58. The molecule has 0 amide bonds. The van der Waals surface area contributed by atoms with Crippen LogP contribution in [0, 0.1) is 11.3 Å². The molecule has 74 valence electrons. The fourth-order valence-corrected chi connectivity index (χ4v) is 2.69. The van der Waals surface area contributed by atoms with Crippen LogP contribution in [0.15, 0.2) is 0 Å². The third kappa shape index (κ3) is 1.46. The maximum Gasteiger partial charge on any atom is 0.307 e. The molecule has 0 aromatic rings. The summed E-state index contributed by atoms with van der Waals surface area (Å²) >= 11 is 0. The van der Waals surface area contributed by atoms with Crippen molar-refractivity contribution in [2.24, 2.45) is 11.3 Å². The van der Waals surface area contributed by atoms with Crippen molar-refractivity contribution >= 4 is 5.97 Å². The van der Waals surface area contributed by atoms with E-state index in [-0.39, 0.29) is 16.9 Å². The number of hydrogen-bond acceptors (Lipinski definition) is 2. The molecule has 1 saturated carbocycles. The lowest BCUT2D eigenvalue weighted by Crippen LogP contribution is -2.36. The molecule has 3 nitrogen and oxygen atoms in total. The Morgan fingerprint density at radius 2 is 2.23 bits per heavy atom. The van der Waals surface area contributed by atoms with E-state index in [0.717, 1.165) is 25.9 Å². The second-order valence-electron chi connectivity index (χ2n) is 4.99. The minimum Gasteiger partial charge on any atom is -0.481 e. The number of carbonyl (C=O) groups is 1. The molecule has 2 fully saturated rings. The predicted molar refractivity (Wildman–Crippen MR) is 47.4 cm³/mol. The van der Waals surface area contributed by atoms with Crippen LogP contribution >= 0.6 is 0 Å². The third-order valence-corrected chi connectivity index (χ3v) is 3.36. The molecule has 1 aliphatic carbocycles. The maximum atomic E-state index is 10.8. The van der Waals surface area contributed by atoms with E-state index >= 15 is 0 Å². The minimum absolute atomic E-state index is 0.0770. The summed E-state index contributed by atoms with van der Waals surface area (Å²) in [5, 5.41) is 8.90. The van der Waals surface area contributed by atoms with Crippen LogP contribution in [0.5, 0.6) is 0 Å². The van der Waals surface area contributed by atoms with Gasteiger partial charge in [0.05, 0.1) is 11.5 Å². The number of carboxylic acids is 1. The zero-order chi connectivity index (χ0) is 9.69. The molecule has 0 bridgehead atoms. The van der Waals surface area contributed by atoms with E-state index in [9.17, 15) is 4.79 Å². The van der Waals surface area contributed by atoms with Gasteiger partial charge in [-0.15, -0.1) is 0 Å². The fourth-order valence-electron chi connectivity index (χ4n) is 2.69. The van der Waals surface area contributed by atoms with Crippen LogP contribution in [0.1, 0.15) is 33.1 Å². The lowest BCUT2D eigenvalue weighted by molar-refractivity contribution is -0.141. The molecule has 1 spiro atoms. The average molecular weight is 184 g/mol. The molecule has 3 heteroatoms. The van der Waals surface area contributed by atoms with Gasteiger partial charge < -0.3 is 9.84 Å². The van der Waals surface area contributed by atoms with Crippen LogP contribution in [0.25, 0.3) is 0 Å². The van der Waals surface area contributed by atoms with Gasteiger partial charge in [-0.3, -0.25) is 4.79 Å². The molecule has 0 radical (unpaired) electrons. The van der Waals surface area contributed by atoms with Crippen molar-refractivity contribution in [2.45, 2.75) is 38.7 Å². The van der Waals surface area contributed by atoms with Gasteiger partial charge in [-0.25, -0.2) is 0 Å². The summed E-state index contributed by atoms with van der Waals surface area (Å²) in [7, 11) is 0. The molecule has 1 heterocycles. The molecule has 0 aromatic carbocycles. The van der Waals surface area contributed by atoms with E-state index in [1.165, 1.54) is 0 Å². The Bertz CT molecular complexity index is 247. The van der Waals surface area contributed by atoms with E-state index in [1.807, 2.05) is 13.8 Å². The summed E-state index contributed by atoms with van der Waals surface area (Å²) in [6, 6.07) is 0. The minimum atomic E-state index is -0.627. The normalized spacial score (nSPS) is 41.8. The molecule has 2 aliphatic rings. The lowest BCUT2D eigenvalue weighted by Gasteiger charge is -2.36. The number of ether oxygens (including phenoxy) is 1. The highest BCUT2D eigenvalue weighted by atomic mass is 16.5. The molecule has 2 atom stereocenters. The van der Waals surface area contributed by atoms with Crippen LogP contribution in [-0.2, 0) is 9.53 Å². The van der Waals surface area contributed by atoms with Gasteiger partial charge in [0, 0.05) is 6.61 Å². The number of rotatable bonds is 1. The van der Waals surface area contributed by atoms with Crippen LogP contribution in [-0.4, -0.2) is 23.3 Å². The van der Waals surface area contributed by atoms with Gasteiger partial charge in [0.15, 0.2) is 0 Å². The Morgan fingerprint density at radius 1 is 1.54 bits per heavy atom. The first-order valence-corrected chi connectivity index (χ1v) is 4.82. The molecule has 0 unspecified atom stereocenters. The van der Waals surface area contributed by atoms with Gasteiger partial charge in [-0.05, 0) is 38.5 Å². The monoisotopic (exact) mass is 184 g/mol. The summed E-state index contributed by atoms with van der Waals surface area (Å²) in [5.41, 5.74) is -0.0456. The molecule has 13 heavy (non-hydrogen) atoms. The Morgan fingerprint density at radius 3 is 2.69 bits per heavy atom. The molecule has 1 aliphatic heterocycles. The number of carboxylic acid groups (broad SMARTS) is 1. The van der Waals surface area contributed by atoms with E-state index in [4.69, 9.17) is 9.84 Å². The van der Waals surface area contributed by atoms with Crippen LogP contribution in [0.4, 0.5) is 0 Å². The van der Waals surface area contributed by atoms with Crippen molar-refractivity contribution < 1.29 is 14.6 Å². The molecule has 1 N–H and O–H groups in total. The van der Waals surface area contributed by atoms with Crippen molar-refractivity contribution in [1.82, 2.24) is 0 Å². The first kappa shape index (κ1) is 9.00. The first-order chi connectivity index (χ1) is 5.95. The summed E-state index contributed by atoms with van der Waals surface area (Å²) in [5.74, 6) is -0.728. The molecular formula is C10H16O3. The largest absolute Gasteiger partial charge is 0.481 e. The standard InChI is InChI=1S/C10H16O3/c1-9(2)6-10(3-4-13-9)5-7(10)8(11)12/h7H,3-6H2,1-2H3,(H,11,12)/t7-,10-/m1/s1. The highest BCUT2D eigenvalue weighted by molar-refractivity contribution is 5.74. The molecule has 0 aromatic heterocycles. The Hall–Kier alpha value is -0.570. The van der Waals surface area contributed by atoms with Crippen molar-refractivity contribution in [2.75, 3.05) is 6.61 Å². The first-order valence-electron chi connectivity index (χ1n) is 4.82. The van der Waals surface area contributed by atoms with Crippen LogP contribution in [0.2, 0.25) is 0 Å². The summed E-state index contributed by atoms with van der Waals surface area (Å²) in [6.07, 6.45) is 2.68. The Labute approximate surface area is 78.1 Å². The van der Waals surface area contributed by atoms with Gasteiger partial charge in [-0.2, -0.15) is 0 Å². The SMILES string of the molecule is CC1(C)C[C@@]2(CCO1)C[C@@H]2C(=O)O. The zero-order valence-electron chi connectivity index (χ0n) is 8.17. The molecule has 2 rings (SSSR count). The van der Waals surface area contributed by atoms with Crippen molar-refractivity contribution in [3.8, 4) is 0 Å². The van der Waals surface area contributed by atoms with E-state index < -0.39 is 5.97 Å². The third-order valence-electron chi connectivity index (χ3n) is 3.36. The quantitative estimate of drug-likeness (QED) is 0.674. The number of hydrogen-bond donors (Lipinski definition) is 1. The van der Waals surface area contributed by atoms with Crippen LogP contribution < -0.4 is 0 Å². The summed E-state index contributed by atoms with van der Waals surface area (Å²) in [4.78, 5) is 10.8. The lowest BCUT2D eigenvalue weighted by atomic mass is 9.84. The number of aliphatic carboxylic acids is 1. The van der Waals surface area contributed by atoms with Gasteiger partial charge in [0.2, 0.25) is 0 Å². The van der Waals surface area contributed by atoms with Gasteiger partial charge in [0.25, 0.3) is 0 Å². The zero-order valence-corrected chi connectivity index (χ0v) is 8.17. The second kappa shape index (κ2) is 2.47. The Balaban J connectivity index is 2.06. The van der Waals surface area contributed by atoms with Crippen molar-refractivity contribution in [3.63, 3.8) is 0 Å². The average Bonchev–Trinajstić information content (AvgIpc) is 2.60. The van der Waals surface area contributed by atoms with E-state index in [2.05, 4.69) is 0 Å². The molecular weight excluding hydrogens is 168 g/mol. The van der Waals surface area contributed by atoms with Crippen LogP contribution in [0.3, 0.4) is 0 Å². The van der Waals surface area contributed by atoms with Gasteiger partial charge >= 0.3 is 5.97 Å². The highest BCUT2D eigenvalue weighted by Crippen LogP contribution is 2.61. The van der Waals surface area contributed by atoms with Crippen molar-refractivity contribution in [1.29, 1.82) is 0 Å². The fraction of sp³-hybridized carbons (Fsp3) is 0.900. The second-order valence-corrected chi connectivity index (χ2v) is 4.99. The summed E-state index contributed by atoms with van der Waals surface area (Å²) in [6.45, 7) is 4.81. The Kier molecular flexibility index (Phi) is 1.71. The van der Waals surface area contributed by atoms with E-state index in [1.54, 1.807) is 0 Å². The highest BCUT2D eigenvalue weighted by Gasteiger charge is 2.61. The van der Waals surface area contributed by atoms with Crippen molar-refractivity contribution in [3.05, 3.63) is 0 Å².